The van der Waals surface area contributed by atoms with Crippen LogP contribution in [0.3, 0.4) is 0 Å². The molecule has 1 aromatic heterocycles. The molecular weight excluding hydrogens is 250 g/mol. The van der Waals surface area contributed by atoms with Gasteiger partial charge in [0.25, 0.3) is 10.2 Å². The summed E-state index contributed by atoms with van der Waals surface area (Å²) in [5.41, 5.74) is 1.26. The molecule has 18 heavy (non-hydrogen) atoms. The van der Waals surface area contributed by atoms with Gasteiger partial charge in [-0.25, -0.2) is 4.72 Å². The molecule has 0 unspecified atom stereocenters. The van der Waals surface area contributed by atoms with Crippen LogP contribution in [-0.2, 0) is 10.2 Å². The summed E-state index contributed by atoms with van der Waals surface area (Å²) >= 11 is 0. The summed E-state index contributed by atoms with van der Waals surface area (Å²) in [5, 5.41) is 0. The minimum atomic E-state index is -3.28. The van der Waals surface area contributed by atoms with Crippen LogP contribution in [0.5, 0.6) is 0 Å². The van der Waals surface area contributed by atoms with Crippen molar-refractivity contribution in [2.24, 2.45) is 0 Å². The predicted molar refractivity (Wildman–Crippen MR) is 70.4 cm³/mol. The smallest absolute Gasteiger partial charge is 0.265 e. The normalized spacial score (nSPS) is 22.6. The lowest BCUT2D eigenvalue weighted by atomic mass is 9.93. The first kappa shape index (κ1) is 13.5. The van der Waals surface area contributed by atoms with Gasteiger partial charge in [-0.1, -0.05) is 0 Å². The maximum atomic E-state index is 11.8. The number of nitrogens with one attached hydrogen (secondary N) is 1. The molecule has 100 valence electrons. The van der Waals surface area contributed by atoms with E-state index in [9.17, 15) is 8.42 Å². The number of pyridine rings is 1. The zero-order valence-corrected chi connectivity index (χ0v) is 11.4. The maximum absolute atomic E-state index is 11.8. The summed E-state index contributed by atoms with van der Waals surface area (Å²) < 4.78 is 27.4. The van der Waals surface area contributed by atoms with Crippen LogP contribution in [0.15, 0.2) is 24.5 Å². The monoisotopic (exact) mass is 269 g/mol. The summed E-state index contributed by atoms with van der Waals surface area (Å²) in [6.45, 7) is 1.18. The van der Waals surface area contributed by atoms with Crippen molar-refractivity contribution in [3.8, 4) is 0 Å². The molecule has 0 radical (unpaired) electrons. The van der Waals surface area contributed by atoms with E-state index >= 15 is 0 Å². The highest BCUT2D eigenvalue weighted by Crippen LogP contribution is 2.28. The molecule has 5 nitrogen and oxygen atoms in total. The summed E-state index contributed by atoms with van der Waals surface area (Å²) in [5.74, 6) is 0.435. The van der Waals surface area contributed by atoms with Gasteiger partial charge in [0.05, 0.1) is 0 Å². The molecule has 1 fully saturated rings. The van der Waals surface area contributed by atoms with Gasteiger partial charge in [-0.2, -0.15) is 12.7 Å². The SMILES string of the molecule is CNS(=O)(=O)N1CCC[C@H](c2ccncc2)CC1. The molecule has 0 saturated carbocycles. The summed E-state index contributed by atoms with van der Waals surface area (Å²) in [4.78, 5) is 4.01. The Morgan fingerprint density at radius 3 is 2.67 bits per heavy atom. The van der Waals surface area contributed by atoms with Gasteiger partial charge in [-0.15, -0.1) is 0 Å². The minimum Gasteiger partial charge on any atom is -0.265 e. The Balaban J connectivity index is 2.06. The van der Waals surface area contributed by atoms with Gasteiger partial charge in [-0.05, 0) is 42.9 Å². The Bertz CT molecular complexity index is 475. The van der Waals surface area contributed by atoms with Crippen molar-refractivity contribution in [1.29, 1.82) is 0 Å². The fourth-order valence-electron chi connectivity index (χ4n) is 2.41. The molecule has 1 aliphatic rings. The van der Waals surface area contributed by atoms with Crippen molar-refractivity contribution in [2.45, 2.75) is 25.2 Å². The van der Waals surface area contributed by atoms with Crippen molar-refractivity contribution in [1.82, 2.24) is 14.0 Å². The van der Waals surface area contributed by atoms with Gasteiger partial charge in [-0.3, -0.25) is 4.98 Å². The van der Waals surface area contributed by atoms with Crippen LogP contribution in [0.1, 0.15) is 30.7 Å². The van der Waals surface area contributed by atoms with Crippen LogP contribution >= 0.6 is 0 Å². The van der Waals surface area contributed by atoms with E-state index < -0.39 is 10.2 Å². The van der Waals surface area contributed by atoms with E-state index in [-0.39, 0.29) is 0 Å². The third-order valence-electron chi connectivity index (χ3n) is 3.46. The summed E-state index contributed by atoms with van der Waals surface area (Å²) in [6, 6.07) is 4.04. The molecular formula is C12H19N3O2S. The van der Waals surface area contributed by atoms with Crippen molar-refractivity contribution in [3.63, 3.8) is 0 Å². The zero-order valence-electron chi connectivity index (χ0n) is 10.5. The molecule has 2 heterocycles. The van der Waals surface area contributed by atoms with Crippen LogP contribution in [0.4, 0.5) is 0 Å². The summed E-state index contributed by atoms with van der Waals surface area (Å²) in [6.07, 6.45) is 6.38. The highest BCUT2D eigenvalue weighted by molar-refractivity contribution is 7.87. The average molecular weight is 269 g/mol. The molecule has 0 bridgehead atoms. The number of hydrogen-bond acceptors (Lipinski definition) is 3. The first-order valence-electron chi connectivity index (χ1n) is 6.22. The van der Waals surface area contributed by atoms with Gasteiger partial charge in [0.2, 0.25) is 0 Å². The van der Waals surface area contributed by atoms with Crippen molar-refractivity contribution in [2.75, 3.05) is 20.1 Å². The summed E-state index contributed by atoms with van der Waals surface area (Å²) in [7, 11) is -1.82. The van der Waals surface area contributed by atoms with Crippen LogP contribution in [0, 0.1) is 0 Å². The van der Waals surface area contributed by atoms with Crippen molar-refractivity contribution >= 4 is 10.2 Å². The molecule has 1 N–H and O–H groups in total. The van der Waals surface area contributed by atoms with E-state index in [2.05, 4.69) is 9.71 Å². The maximum Gasteiger partial charge on any atom is 0.279 e. The van der Waals surface area contributed by atoms with E-state index in [4.69, 9.17) is 0 Å². The average Bonchev–Trinajstić information content (AvgIpc) is 2.66. The fraction of sp³-hybridized carbons (Fsp3) is 0.583. The lowest BCUT2D eigenvalue weighted by Gasteiger charge is -2.19. The molecule has 0 aliphatic carbocycles. The fourth-order valence-corrected chi connectivity index (χ4v) is 3.38. The van der Waals surface area contributed by atoms with E-state index in [1.807, 2.05) is 12.1 Å². The third-order valence-corrected chi connectivity index (χ3v) is 5.02. The number of aromatic nitrogens is 1. The van der Waals surface area contributed by atoms with Gasteiger partial charge in [0.15, 0.2) is 0 Å². The Kier molecular flexibility index (Phi) is 4.31. The highest BCUT2D eigenvalue weighted by atomic mass is 32.2. The van der Waals surface area contributed by atoms with Crippen molar-refractivity contribution < 1.29 is 8.42 Å². The van der Waals surface area contributed by atoms with Gasteiger partial charge in [0, 0.05) is 32.5 Å². The lowest BCUT2D eigenvalue weighted by Crippen LogP contribution is -2.39. The van der Waals surface area contributed by atoms with Crippen LogP contribution in [0.2, 0.25) is 0 Å². The highest BCUT2D eigenvalue weighted by Gasteiger charge is 2.25. The van der Waals surface area contributed by atoms with E-state index in [0.29, 0.717) is 19.0 Å². The van der Waals surface area contributed by atoms with E-state index in [1.54, 1.807) is 12.4 Å². The molecule has 1 aromatic rings. The first-order valence-corrected chi connectivity index (χ1v) is 7.66. The molecule has 1 atom stereocenters. The van der Waals surface area contributed by atoms with Crippen LogP contribution in [-0.4, -0.2) is 37.8 Å². The second-order valence-electron chi connectivity index (χ2n) is 4.52. The van der Waals surface area contributed by atoms with Crippen LogP contribution in [0.25, 0.3) is 0 Å². The van der Waals surface area contributed by atoms with Gasteiger partial charge in [0.1, 0.15) is 0 Å². The molecule has 0 aromatic carbocycles. The lowest BCUT2D eigenvalue weighted by molar-refractivity contribution is 0.416. The molecule has 6 heteroatoms. The molecule has 1 aliphatic heterocycles. The van der Waals surface area contributed by atoms with Crippen LogP contribution < -0.4 is 4.72 Å². The van der Waals surface area contributed by atoms with Gasteiger partial charge >= 0.3 is 0 Å². The Morgan fingerprint density at radius 1 is 1.28 bits per heavy atom. The Hall–Kier alpha value is -0.980. The minimum absolute atomic E-state index is 0.435. The topological polar surface area (TPSA) is 62.3 Å². The predicted octanol–water partition coefficient (Wildman–Crippen LogP) is 1.12. The second kappa shape index (κ2) is 5.77. The Morgan fingerprint density at radius 2 is 2.00 bits per heavy atom. The largest absolute Gasteiger partial charge is 0.279 e. The van der Waals surface area contributed by atoms with Crippen molar-refractivity contribution in [3.05, 3.63) is 30.1 Å². The number of nitrogens with zero attached hydrogens (tertiary/aromatic N) is 2. The number of hydrogen-bond donors (Lipinski definition) is 1. The van der Waals surface area contributed by atoms with E-state index in [1.165, 1.54) is 16.9 Å². The third kappa shape index (κ3) is 3.07. The van der Waals surface area contributed by atoms with Gasteiger partial charge < -0.3 is 0 Å². The molecule has 1 saturated heterocycles. The quantitative estimate of drug-likeness (QED) is 0.894. The van der Waals surface area contributed by atoms with E-state index in [0.717, 1.165) is 19.3 Å². The zero-order chi connectivity index (χ0) is 13.0. The second-order valence-corrected chi connectivity index (χ2v) is 6.39. The Labute approximate surface area is 108 Å². The number of rotatable bonds is 3. The molecule has 2 rings (SSSR count). The molecule has 0 amide bonds. The standard InChI is InChI=1S/C12H19N3O2S/c1-13-18(16,17)15-9-2-3-11(6-10-15)12-4-7-14-8-5-12/h4-5,7-8,11,13H,2-3,6,9-10H2,1H3/t11-/m0/s1. The first-order chi connectivity index (χ1) is 8.63. The molecule has 0 spiro atoms.